The second-order valence-corrected chi connectivity index (χ2v) is 4.71. The molecule has 1 atom stereocenters. The van der Waals surface area contributed by atoms with E-state index in [1.807, 2.05) is 12.1 Å². The Morgan fingerprint density at radius 1 is 1.40 bits per heavy atom. The average molecular weight is 223 g/mol. The molecule has 0 spiro atoms. The summed E-state index contributed by atoms with van der Waals surface area (Å²) in [5, 5.41) is 17.4. The van der Waals surface area contributed by atoms with E-state index in [-0.39, 0.29) is 6.61 Å². The molecule has 15 heavy (non-hydrogen) atoms. The van der Waals surface area contributed by atoms with Gasteiger partial charge in [0.05, 0.1) is 11.6 Å². The SMILES string of the molecule is N#Cc1ccccc1CS(=O)CCCO. The maximum Gasteiger partial charge on any atom is 0.0994 e. The Balaban J connectivity index is 2.64. The van der Waals surface area contributed by atoms with Gasteiger partial charge in [-0.2, -0.15) is 5.26 Å². The third-order valence-corrected chi connectivity index (χ3v) is 3.36. The van der Waals surface area contributed by atoms with E-state index in [1.165, 1.54) is 0 Å². The van der Waals surface area contributed by atoms with Crippen LogP contribution in [0.1, 0.15) is 17.5 Å². The Labute approximate surface area is 91.8 Å². The summed E-state index contributed by atoms with van der Waals surface area (Å²) in [5.74, 6) is 0.875. The van der Waals surface area contributed by atoms with Crippen molar-refractivity contribution in [3.05, 3.63) is 35.4 Å². The highest BCUT2D eigenvalue weighted by atomic mass is 32.2. The van der Waals surface area contributed by atoms with Crippen LogP contribution in [0.2, 0.25) is 0 Å². The lowest BCUT2D eigenvalue weighted by atomic mass is 10.1. The van der Waals surface area contributed by atoms with E-state index in [2.05, 4.69) is 6.07 Å². The molecule has 0 aliphatic heterocycles. The molecule has 0 fully saturated rings. The number of nitrogens with zero attached hydrogens (tertiary/aromatic N) is 1. The van der Waals surface area contributed by atoms with Crippen LogP contribution < -0.4 is 0 Å². The Bertz CT molecular complexity index is 384. The first-order valence-corrected chi connectivity index (χ1v) is 6.20. The quantitative estimate of drug-likeness (QED) is 0.815. The fourth-order valence-electron chi connectivity index (χ4n) is 1.23. The van der Waals surface area contributed by atoms with Gasteiger partial charge >= 0.3 is 0 Å². The van der Waals surface area contributed by atoms with Crippen molar-refractivity contribution in [3.8, 4) is 6.07 Å². The average Bonchev–Trinajstić information content (AvgIpc) is 2.27. The molecule has 0 aliphatic carbocycles. The van der Waals surface area contributed by atoms with Gasteiger partial charge in [-0.25, -0.2) is 0 Å². The van der Waals surface area contributed by atoms with Crippen LogP contribution in [-0.4, -0.2) is 21.7 Å². The van der Waals surface area contributed by atoms with Crippen LogP contribution in [0, 0.1) is 11.3 Å². The lowest BCUT2D eigenvalue weighted by Gasteiger charge is -2.03. The molecular formula is C11H13NO2S. The first kappa shape index (κ1) is 11.9. The number of benzene rings is 1. The number of nitriles is 1. The standard InChI is InChI=1S/C11H13NO2S/c12-8-10-4-1-2-5-11(10)9-15(14)7-3-6-13/h1-2,4-5,13H,3,6-7,9H2. The molecule has 1 unspecified atom stereocenters. The second-order valence-electron chi connectivity index (χ2n) is 3.13. The monoisotopic (exact) mass is 223 g/mol. The molecule has 0 saturated carbocycles. The first-order chi connectivity index (χ1) is 7.27. The van der Waals surface area contributed by atoms with Gasteiger partial charge in [-0.3, -0.25) is 4.21 Å². The van der Waals surface area contributed by atoms with Crippen molar-refractivity contribution in [1.29, 1.82) is 5.26 Å². The van der Waals surface area contributed by atoms with Crippen LogP contribution >= 0.6 is 0 Å². The van der Waals surface area contributed by atoms with Gasteiger partial charge in [0.2, 0.25) is 0 Å². The number of hydrogen-bond donors (Lipinski definition) is 1. The van der Waals surface area contributed by atoms with E-state index in [4.69, 9.17) is 10.4 Å². The summed E-state index contributed by atoms with van der Waals surface area (Å²) in [6.07, 6.45) is 0.543. The Hall–Kier alpha value is -1.18. The lowest BCUT2D eigenvalue weighted by Crippen LogP contribution is -2.04. The molecule has 3 nitrogen and oxygen atoms in total. The minimum atomic E-state index is -0.994. The lowest BCUT2D eigenvalue weighted by molar-refractivity contribution is 0.296. The molecule has 0 aromatic heterocycles. The van der Waals surface area contributed by atoms with Crippen molar-refractivity contribution in [2.24, 2.45) is 0 Å². The first-order valence-electron chi connectivity index (χ1n) is 4.71. The Morgan fingerprint density at radius 3 is 2.80 bits per heavy atom. The third kappa shape index (κ3) is 3.82. The van der Waals surface area contributed by atoms with Crippen LogP contribution in [0.25, 0.3) is 0 Å². The summed E-state index contributed by atoms with van der Waals surface area (Å²) in [5.41, 5.74) is 1.39. The van der Waals surface area contributed by atoms with Crippen LogP contribution in [0.4, 0.5) is 0 Å². The van der Waals surface area contributed by atoms with Gasteiger partial charge in [-0.05, 0) is 18.1 Å². The molecule has 0 bridgehead atoms. The normalized spacial score (nSPS) is 12.0. The third-order valence-electron chi connectivity index (χ3n) is 1.98. The van der Waals surface area contributed by atoms with Gasteiger partial charge < -0.3 is 5.11 Å². The molecule has 0 saturated heterocycles. The molecule has 0 heterocycles. The maximum atomic E-state index is 11.5. The molecule has 0 aliphatic rings. The van der Waals surface area contributed by atoms with E-state index in [9.17, 15) is 4.21 Å². The number of aliphatic hydroxyl groups is 1. The zero-order chi connectivity index (χ0) is 11.1. The van der Waals surface area contributed by atoms with E-state index in [1.54, 1.807) is 12.1 Å². The zero-order valence-electron chi connectivity index (χ0n) is 8.35. The second kappa shape index (κ2) is 6.33. The molecule has 4 heteroatoms. The summed E-state index contributed by atoms with van der Waals surface area (Å²) in [6, 6.07) is 9.23. The topological polar surface area (TPSA) is 61.1 Å². The van der Waals surface area contributed by atoms with Crippen molar-refractivity contribution in [1.82, 2.24) is 0 Å². The Morgan fingerprint density at radius 2 is 2.13 bits per heavy atom. The van der Waals surface area contributed by atoms with E-state index < -0.39 is 10.8 Å². The fraction of sp³-hybridized carbons (Fsp3) is 0.364. The van der Waals surface area contributed by atoms with E-state index in [0.717, 1.165) is 5.56 Å². The van der Waals surface area contributed by atoms with Crippen molar-refractivity contribution in [2.45, 2.75) is 12.2 Å². The molecule has 1 N–H and O–H groups in total. The molecule has 0 amide bonds. The van der Waals surface area contributed by atoms with Crippen LogP contribution in [0.5, 0.6) is 0 Å². The van der Waals surface area contributed by atoms with E-state index >= 15 is 0 Å². The minimum absolute atomic E-state index is 0.0611. The fourth-order valence-corrected chi connectivity index (χ4v) is 2.42. The predicted octanol–water partition coefficient (Wildman–Crippen LogP) is 1.19. The summed E-state index contributed by atoms with van der Waals surface area (Å²) < 4.78 is 11.5. The van der Waals surface area contributed by atoms with Gasteiger partial charge in [0.1, 0.15) is 0 Å². The van der Waals surface area contributed by atoms with Gasteiger partial charge in [0, 0.05) is 28.9 Å². The number of rotatable bonds is 5. The predicted molar refractivity (Wildman–Crippen MR) is 59.6 cm³/mol. The molecule has 1 aromatic carbocycles. The zero-order valence-corrected chi connectivity index (χ0v) is 9.17. The summed E-state index contributed by atoms with van der Waals surface area (Å²) >= 11 is 0. The van der Waals surface area contributed by atoms with Crippen molar-refractivity contribution in [2.75, 3.05) is 12.4 Å². The number of hydrogen-bond acceptors (Lipinski definition) is 3. The minimum Gasteiger partial charge on any atom is -0.396 e. The van der Waals surface area contributed by atoms with E-state index in [0.29, 0.717) is 23.5 Å². The highest BCUT2D eigenvalue weighted by molar-refractivity contribution is 7.84. The molecule has 0 radical (unpaired) electrons. The van der Waals surface area contributed by atoms with Crippen molar-refractivity contribution < 1.29 is 9.32 Å². The van der Waals surface area contributed by atoms with Crippen molar-refractivity contribution in [3.63, 3.8) is 0 Å². The Kier molecular flexibility index (Phi) is 5.02. The molecule has 1 aromatic rings. The summed E-state index contributed by atoms with van der Waals surface area (Å²) in [6.45, 7) is 0.0611. The maximum absolute atomic E-state index is 11.5. The summed E-state index contributed by atoms with van der Waals surface area (Å²) in [4.78, 5) is 0. The number of aliphatic hydroxyl groups excluding tert-OH is 1. The smallest absolute Gasteiger partial charge is 0.0994 e. The largest absolute Gasteiger partial charge is 0.396 e. The summed E-state index contributed by atoms with van der Waals surface area (Å²) in [7, 11) is -0.994. The highest BCUT2D eigenvalue weighted by Crippen LogP contribution is 2.10. The van der Waals surface area contributed by atoms with Crippen LogP contribution in [0.3, 0.4) is 0 Å². The molecule has 80 valence electrons. The van der Waals surface area contributed by atoms with Crippen molar-refractivity contribution >= 4 is 10.8 Å². The molecular weight excluding hydrogens is 210 g/mol. The van der Waals surface area contributed by atoms with Gasteiger partial charge in [-0.15, -0.1) is 0 Å². The highest BCUT2D eigenvalue weighted by Gasteiger charge is 2.05. The van der Waals surface area contributed by atoms with Crippen LogP contribution in [0.15, 0.2) is 24.3 Å². The molecule has 1 rings (SSSR count). The van der Waals surface area contributed by atoms with Gasteiger partial charge in [0.25, 0.3) is 0 Å². The van der Waals surface area contributed by atoms with Crippen LogP contribution in [-0.2, 0) is 16.6 Å². The van der Waals surface area contributed by atoms with Gasteiger partial charge in [-0.1, -0.05) is 18.2 Å². The van der Waals surface area contributed by atoms with Gasteiger partial charge in [0.15, 0.2) is 0 Å².